The molecule has 0 aliphatic carbocycles. The maximum atomic E-state index is 12.8. The molecule has 3 aromatic carbocycles. The van der Waals surface area contributed by atoms with Crippen molar-refractivity contribution in [2.75, 3.05) is 12.4 Å². The molecule has 33 heavy (non-hydrogen) atoms. The van der Waals surface area contributed by atoms with E-state index in [4.69, 9.17) is 20.5 Å². The molecule has 0 radical (unpaired) electrons. The van der Waals surface area contributed by atoms with Gasteiger partial charge in [-0.1, -0.05) is 29.3 Å². The van der Waals surface area contributed by atoms with E-state index >= 15 is 0 Å². The number of methoxy groups -OCH3 is 1. The van der Waals surface area contributed by atoms with Crippen molar-refractivity contribution in [2.45, 2.75) is 11.8 Å². The molecule has 0 atom stereocenters. The average molecular weight is 483 g/mol. The Morgan fingerprint density at radius 2 is 1.73 bits per heavy atom. The van der Waals surface area contributed by atoms with Gasteiger partial charge in [0, 0.05) is 22.3 Å². The summed E-state index contributed by atoms with van der Waals surface area (Å²) < 4.78 is 36.1. The van der Waals surface area contributed by atoms with Crippen LogP contribution in [0.15, 0.2) is 77.2 Å². The number of carbonyl (C=O) groups excluding carboxylic acids is 1. The molecule has 0 saturated heterocycles. The molecule has 9 heteroatoms. The lowest BCUT2D eigenvalue weighted by molar-refractivity contribution is -0.112. The Morgan fingerprint density at radius 3 is 2.33 bits per heavy atom. The highest BCUT2D eigenvalue weighted by Gasteiger charge is 2.20. The number of carbonyl (C=O) groups is 1. The lowest BCUT2D eigenvalue weighted by Crippen LogP contribution is -2.14. The number of nitrogens with one attached hydrogen (secondary N) is 1. The zero-order valence-electron chi connectivity index (χ0n) is 17.7. The Kier molecular flexibility index (Phi) is 7.38. The number of nitriles is 1. The van der Waals surface area contributed by atoms with Gasteiger partial charge in [-0.2, -0.15) is 13.7 Å². The second kappa shape index (κ2) is 10.2. The van der Waals surface area contributed by atoms with E-state index in [-0.39, 0.29) is 21.8 Å². The molecule has 0 bridgehead atoms. The second-order valence-corrected chi connectivity index (χ2v) is 8.87. The molecule has 1 N–H and O–H groups in total. The fourth-order valence-electron chi connectivity index (χ4n) is 2.74. The minimum absolute atomic E-state index is 0.0353. The number of hydrogen-bond donors (Lipinski definition) is 1. The number of ether oxygens (including phenoxy) is 1. The fourth-order valence-corrected chi connectivity index (χ4v) is 3.81. The van der Waals surface area contributed by atoms with Crippen molar-refractivity contribution in [3.05, 3.63) is 88.5 Å². The first-order chi connectivity index (χ1) is 15.7. The van der Waals surface area contributed by atoms with Crippen molar-refractivity contribution in [2.24, 2.45) is 0 Å². The van der Waals surface area contributed by atoms with Gasteiger partial charge in [-0.25, -0.2) is 0 Å². The van der Waals surface area contributed by atoms with Crippen LogP contribution in [-0.4, -0.2) is 21.4 Å². The van der Waals surface area contributed by atoms with E-state index in [1.807, 2.05) is 13.0 Å². The van der Waals surface area contributed by atoms with Crippen molar-refractivity contribution in [1.29, 1.82) is 5.26 Å². The summed E-state index contributed by atoms with van der Waals surface area (Å²) in [6, 6.07) is 18.8. The highest BCUT2D eigenvalue weighted by molar-refractivity contribution is 7.87. The van der Waals surface area contributed by atoms with Crippen LogP contribution in [-0.2, 0) is 14.9 Å². The molecular weight excluding hydrogens is 464 g/mol. The highest BCUT2D eigenvalue weighted by Crippen LogP contribution is 2.30. The van der Waals surface area contributed by atoms with Crippen molar-refractivity contribution in [1.82, 2.24) is 0 Å². The van der Waals surface area contributed by atoms with E-state index < -0.39 is 16.0 Å². The molecule has 0 fully saturated rings. The maximum Gasteiger partial charge on any atom is 0.339 e. The van der Waals surface area contributed by atoms with Crippen molar-refractivity contribution >= 4 is 39.4 Å². The number of hydrogen-bond acceptors (Lipinski definition) is 6. The smallest absolute Gasteiger partial charge is 0.339 e. The second-order valence-electron chi connectivity index (χ2n) is 6.89. The van der Waals surface area contributed by atoms with Crippen molar-refractivity contribution in [3.8, 4) is 17.6 Å². The molecule has 0 saturated carbocycles. The summed E-state index contributed by atoms with van der Waals surface area (Å²) in [6.07, 6.45) is 1.24. The van der Waals surface area contributed by atoms with Gasteiger partial charge in [0.2, 0.25) is 0 Å². The van der Waals surface area contributed by atoms with Gasteiger partial charge in [0.25, 0.3) is 5.91 Å². The van der Waals surface area contributed by atoms with E-state index in [2.05, 4.69) is 5.32 Å². The third kappa shape index (κ3) is 6.13. The van der Waals surface area contributed by atoms with E-state index in [9.17, 15) is 18.5 Å². The maximum absolute atomic E-state index is 12.8. The number of nitrogens with zero attached hydrogens (tertiary/aromatic N) is 1. The molecular formula is C24H19ClN2O5S. The van der Waals surface area contributed by atoms with Gasteiger partial charge in [-0.15, -0.1) is 0 Å². The summed E-state index contributed by atoms with van der Waals surface area (Å²) in [4.78, 5) is 12.6. The quantitative estimate of drug-likeness (QED) is 0.289. The molecule has 3 rings (SSSR count). The molecule has 0 unspecified atom stereocenters. The van der Waals surface area contributed by atoms with Gasteiger partial charge in [0.1, 0.15) is 22.3 Å². The molecule has 0 spiro atoms. The van der Waals surface area contributed by atoms with Gasteiger partial charge < -0.3 is 14.2 Å². The van der Waals surface area contributed by atoms with Crippen LogP contribution in [0.2, 0.25) is 5.02 Å². The van der Waals surface area contributed by atoms with Crippen LogP contribution < -0.4 is 14.2 Å². The monoisotopic (exact) mass is 482 g/mol. The average Bonchev–Trinajstić information content (AvgIpc) is 2.79. The first-order valence-corrected chi connectivity index (χ1v) is 11.4. The Labute approximate surface area is 197 Å². The normalized spacial score (nSPS) is 11.4. The van der Waals surface area contributed by atoms with Gasteiger partial charge in [-0.05, 0) is 61.5 Å². The minimum atomic E-state index is -4.17. The predicted octanol–water partition coefficient (Wildman–Crippen LogP) is 4.97. The topological polar surface area (TPSA) is 105 Å². The van der Waals surface area contributed by atoms with E-state index in [0.717, 1.165) is 5.56 Å². The summed E-state index contributed by atoms with van der Waals surface area (Å²) in [7, 11) is -2.75. The first-order valence-electron chi connectivity index (χ1n) is 9.60. The lowest BCUT2D eigenvalue weighted by atomic mass is 10.1. The predicted molar refractivity (Wildman–Crippen MR) is 126 cm³/mol. The first kappa shape index (κ1) is 23.9. The molecule has 0 aromatic heterocycles. The third-order valence-electron chi connectivity index (χ3n) is 4.50. The zero-order chi connectivity index (χ0) is 24.0. The number of amides is 1. The summed E-state index contributed by atoms with van der Waals surface area (Å²) in [5, 5.41) is 12.6. The summed E-state index contributed by atoms with van der Waals surface area (Å²) in [6.45, 7) is 1.83. The van der Waals surface area contributed by atoms with Gasteiger partial charge in [0.05, 0.1) is 7.11 Å². The number of anilines is 1. The SMILES string of the molecule is COc1ccc(/C=C(\C#N)C(=O)Nc2ccc(Cl)cc2)c(OS(=O)(=O)c2ccc(C)cc2)c1. The standard InChI is InChI=1S/C24H19ClN2O5S/c1-16-3-11-22(12-4-16)33(29,30)32-23-14-21(31-2)10-5-17(23)13-18(15-26)24(28)27-20-8-6-19(25)7-9-20/h3-14H,1-2H3,(H,27,28)/b18-13+. The van der Waals surface area contributed by atoms with Crippen molar-refractivity contribution < 1.29 is 22.1 Å². The van der Waals surface area contributed by atoms with Crippen LogP contribution in [0.3, 0.4) is 0 Å². The van der Waals surface area contributed by atoms with Crippen LogP contribution in [0.5, 0.6) is 11.5 Å². The fraction of sp³-hybridized carbons (Fsp3) is 0.0833. The summed E-state index contributed by atoms with van der Waals surface area (Å²) >= 11 is 5.84. The summed E-state index contributed by atoms with van der Waals surface area (Å²) in [5.41, 5.74) is 1.28. The number of rotatable bonds is 7. The van der Waals surface area contributed by atoms with Crippen LogP contribution in [0.4, 0.5) is 5.69 Å². The van der Waals surface area contributed by atoms with E-state index in [1.165, 1.54) is 37.5 Å². The molecule has 0 heterocycles. The Hall–Kier alpha value is -3.80. The zero-order valence-corrected chi connectivity index (χ0v) is 19.3. The molecule has 168 valence electrons. The lowest BCUT2D eigenvalue weighted by Gasteiger charge is -2.12. The van der Waals surface area contributed by atoms with Crippen LogP contribution in [0.1, 0.15) is 11.1 Å². The van der Waals surface area contributed by atoms with Crippen LogP contribution >= 0.6 is 11.6 Å². The van der Waals surface area contributed by atoms with Gasteiger partial charge in [0.15, 0.2) is 5.75 Å². The molecule has 7 nitrogen and oxygen atoms in total. The molecule has 1 amide bonds. The molecule has 0 aliphatic rings. The number of benzene rings is 3. The van der Waals surface area contributed by atoms with Crippen LogP contribution in [0, 0.1) is 18.3 Å². The highest BCUT2D eigenvalue weighted by atomic mass is 35.5. The van der Waals surface area contributed by atoms with Crippen molar-refractivity contribution in [3.63, 3.8) is 0 Å². The number of halogens is 1. The largest absolute Gasteiger partial charge is 0.497 e. The number of aryl methyl sites for hydroxylation is 1. The minimum Gasteiger partial charge on any atom is -0.497 e. The Morgan fingerprint density at radius 1 is 1.06 bits per heavy atom. The van der Waals surface area contributed by atoms with Gasteiger partial charge >= 0.3 is 10.1 Å². The van der Waals surface area contributed by atoms with Gasteiger partial charge in [-0.3, -0.25) is 4.79 Å². The Bertz CT molecular complexity index is 1340. The van der Waals surface area contributed by atoms with E-state index in [0.29, 0.717) is 16.5 Å². The summed E-state index contributed by atoms with van der Waals surface area (Å²) in [5.74, 6) is -0.435. The molecule has 3 aromatic rings. The Balaban J connectivity index is 1.95. The molecule has 0 aliphatic heterocycles. The third-order valence-corrected chi connectivity index (χ3v) is 6.00. The van der Waals surface area contributed by atoms with Crippen LogP contribution in [0.25, 0.3) is 6.08 Å². The van der Waals surface area contributed by atoms with E-state index in [1.54, 1.807) is 42.5 Å².